The Bertz CT molecular complexity index is 655. The average molecular weight is 253 g/mol. The van der Waals surface area contributed by atoms with E-state index in [2.05, 4.69) is 10.4 Å². The van der Waals surface area contributed by atoms with Gasteiger partial charge in [0.15, 0.2) is 17.5 Å². The molecule has 0 aliphatic heterocycles. The Hall–Kier alpha value is -1.82. The van der Waals surface area contributed by atoms with Crippen molar-refractivity contribution in [2.75, 3.05) is 5.43 Å². The molecule has 6 heteroatoms. The van der Waals surface area contributed by atoms with Gasteiger partial charge in [0.2, 0.25) is 0 Å². The van der Waals surface area contributed by atoms with Crippen LogP contribution in [0.2, 0.25) is 0 Å². The van der Waals surface area contributed by atoms with Crippen LogP contribution in [0.5, 0.6) is 0 Å². The van der Waals surface area contributed by atoms with E-state index < -0.39 is 17.5 Å². The highest BCUT2D eigenvalue weighted by molar-refractivity contribution is 5.94. The molecule has 0 saturated heterocycles. The number of aryl methyl sites for hydroxylation is 1. The molecule has 18 heavy (non-hydrogen) atoms. The van der Waals surface area contributed by atoms with Crippen molar-refractivity contribution < 1.29 is 13.2 Å². The van der Waals surface area contributed by atoms with E-state index in [9.17, 15) is 13.2 Å². The molecule has 1 aliphatic rings. The number of hydrogen-bond acceptors (Lipinski definition) is 3. The summed E-state index contributed by atoms with van der Waals surface area (Å²) in [5, 5.41) is 0.176. The third kappa shape index (κ3) is 1.38. The van der Waals surface area contributed by atoms with Crippen LogP contribution >= 0.6 is 0 Å². The summed E-state index contributed by atoms with van der Waals surface area (Å²) in [6, 6.07) is 0.925. The van der Waals surface area contributed by atoms with E-state index in [1.807, 2.05) is 0 Å². The first kappa shape index (κ1) is 11.3. The number of halogens is 3. The average Bonchev–Trinajstić information content (AvgIpc) is 2.82. The van der Waals surface area contributed by atoms with E-state index in [-0.39, 0.29) is 10.9 Å². The first-order valence-corrected chi connectivity index (χ1v) is 5.59. The number of nitrogen functional groups attached to an aromatic ring is 1. The topological polar surface area (TPSA) is 50.9 Å². The number of nitrogens with two attached hydrogens (primary N) is 1. The van der Waals surface area contributed by atoms with Gasteiger partial charge in [-0.25, -0.2) is 18.2 Å². The number of nitrogens with one attached hydrogen (secondary N) is 1. The molecule has 0 bridgehead atoms. The number of nitrogens with zero attached hydrogens (tertiary/aromatic N) is 1. The van der Waals surface area contributed by atoms with Crippen LogP contribution in [0, 0.1) is 17.5 Å². The van der Waals surface area contributed by atoms with Gasteiger partial charge in [-0.15, -0.1) is 0 Å². The van der Waals surface area contributed by atoms with Crippen molar-refractivity contribution in [2.24, 2.45) is 5.84 Å². The van der Waals surface area contributed by atoms with Crippen LogP contribution in [0.4, 0.5) is 18.9 Å². The number of benzene rings is 1. The summed E-state index contributed by atoms with van der Waals surface area (Å²) in [6.45, 7) is 0. The van der Waals surface area contributed by atoms with E-state index in [0.717, 1.165) is 24.5 Å². The number of pyridine rings is 1. The maximum Gasteiger partial charge on any atom is 0.196 e. The molecule has 0 amide bonds. The molecule has 1 aromatic heterocycles. The van der Waals surface area contributed by atoms with Crippen molar-refractivity contribution in [3.05, 3.63) is 34.8 Å². The van der Waals surface area contributed by atoms with Crippen molar-refractivity contribution >= 4 is 16.6 Å². The zero-order valence-electron chi connectivity index (χ0n) is 9.36. The Balaban J connectivity index is 2.47. The fourth-order valence-electron chi connectivity index (χ4n) is 2.47. The van der Waals surface area contributed by atoms with E-state index in [1.165, 1.54) is 0 Å². The van der Waals surface area contributed by atoms with Gasteiger partial charge in [-0.05, 0) is 30.9 Å². The molecule has 2 aromatic rings. The quantitative estimate of drug-likeness (QED) is 0.466. The van der Waals surface area contributed by atoms with Crippen molar-refractivity contribution in [1.29, 1.82) is 0 Å². The van der Waals surface area contributed by atoms with Gasteiger partial charge in [0, 0.05) is 11.1 Å². The molecule has 0 fully saturated rings. The highest BCUT2D eigenvalue weighted by Gasteiger charge is 2.23. The van der Waals surface area contributed by atoms with Gasteiger partial charge < -0.3 is 5.43 Å². The Labute approximate surface area is 101 Å². The molecule has 1 aliphatic carbocycles. The third-order valence-electron chi connectivity index (χ3n) is 3.29. The monoisotopic (exact) mass is 253 g/mol. The van der Waals surface area contributed by atoms with Gasteiger partial charge in [-0.1, -0.05) is 0 Å². The van der Waals surface area contributed by atoms with Crippen molar-refractivity contribution in [1.82, 2.24) is 4.98 Å². The SMILES string of the molecule is NNc1c2c(nc3c(F)c(F)c(F)cc13)CCC2. The summed E-state index contributed by atoms with van der Waals surface area (Å²) in [5.74, 6) is 1.40. The number of aromatic nitrogens is 1. The lowest BCUT2D eigenvalue weighted by Crippen LogP contribution is -2.11. The van der Waals surface area contributed by atoms with Gasteiger partial charge in [0.25, 0.3) is 0 Å². The fraction of sp³-hybridized carbons (Fsp3) is 0.250. The third-order valence-corrected chi connectivity index (χ3v) is 3.29. The van der Waals surface area contributed by atoms with Gasteiger partial charge in [-0.2, -0.15) is 0 Å². The Kier molecular flexibility index (Phi) is 2.41. The Morgan fingerprint density at radius 3 is 2.67 bits per heavy atom. The lowest BCUT2D eigenvalue weighted by Gasteiger charge is -2.12. The highest BCUT2D eigenvalue weighted by Crippen LogP contribution is 2.35. The maximum atomic E-state index is 13.7. The van der Waals surface area contributed by atoms with E-state index in [0.29, 0.717) is 17.8 Å². The molecule has 0 radical (unpaired) electrons. The van der Waals surface area contributed by atoms with Gasteiger partial charge in [-0.3, -0.25) is 5.84 Å². The van der Waals surface area contributed by atoms with Crippen LogP contribution in [0.3, 0.4) is 0 Å². The van der Waals surface area contributed by atoms with Gasteiger partial charge >= 0.3 is 0 Å². The fourth-order valence-corrected chi connectivity index (χ4v) is 2.47. The van der Waals surface area contributed by atoms with Gasteiger partial charge in [0.1, 0.15) is 5.52 Å². The van der Waals surface area contributed by atoms with Crippen molar-refractivity contribution in [3.8, 4) is 0 Å². The second-order valence-corrected chi connectivity index (χ2v) is 4.29. The van der Waals surface area contributed by atoms with E-state index in [1.54, 1.807) is 0 Å². The van der Waals surface area contributed by atoms with Crippen molar-refractivity contribution in [3.63, 3.8) is 0 Å². The minimum atomic E-state index is -1.50. The Morgan fingerprint density at radius 2 is 1.94 bits per heavy atom. The smallest absolute Gasteiger partial charge is 0.196 e. The molecule has 1 heterocycles. The van der Waals surface area contributed by atoms with Crippen LogP contribution in [-0.4, -0.2) is 4.98 Å². The number of anilines is 1. The number of hydrazine groups is 1. The predicted octanol–water partition coefficient (Wildman–Crippen LogP) is 2.43. The molecular formula is C12H10F3N3. The molecule has 94 valence electrons. The van der Waals surface area contributed by atoms with Crippen LogP contribution in [-0.2, 0) is 12.8 Å². The zero-order chi connectivity index (χ0) is 12.9. The standard InChI is InChI=1S/C12H10F3N3/c13-7-4-6-11(18-16)5-2-1-3-8(5)17-12(6)10(15)9(7)14/h4H,1-3,16H2,(H,17,18). The number of hydrogen-bond donors (Lipinski definition) is 2. The van der Waals surface area contributed by atoms with E-state index >= 15 is 0 Å². The van der Waals surface area contributed by atoms with Gasteiger partial charge in [0.05, 0.1) is 5.69 Å². The highest BCUT2D eigenvalue weighted by atomic mass is 19.2. The Morgan fingerprint density at radius 1 is 1.17 bits per heavy atom. The molecule has 0 atom stereocenters. The zero-order valence-corrected chi connectivity index (χ0v) is 9.36. The number of rotatable bonds is 1. The molecule has 3 nitrogen and oxygen atoms in total. The second-order valence-electron chi connectivity index (χ2n) is 4.29. The summed E-state index contributed by atoms with van der Waals surface area (Å²) in [7, 11) is 0. The molecule has 3 rings (SSSR count). The second kappa shape index (κ2) is 3.84. The largest absolute Gasteiger partial charge is 0.323 e. The molecule has 0 unspecified atom stereocenters. The molecular weight excluding hydrogens is 243 g/mol. The minimum absolute atomic E-state index is 0.176. The first-order chi connectivity index (χ1) is 8.63. The number of fused-ring (bicyclic) bond motifs is 2. The lowest BCUT2D eigenvalue weighted by molar-refractivity contribution is 0.452. The maximum absolute atomic E-state index is 13.7. The minimum Gasteiger partial charge on any atom is -0.323 e. The lowest BCUT2D eigenvalue weighted by atomic mass is 10.1. The van der Waals surface area contributed by atoms with E-state index in [4.69, 9.17) is 5.84 Å². The first-order valence-electron chi connectivity index (χ1n) is 5.59. The van der Waals surface area contributed by atoms with Crippen LogP contribution in [0.15, 0.2) is 6.07 Å². The summed E-state index contributed by atoms with van der Waals surface area (Å²) < 4.78 is 40.2. The molecule has 0 spiro atoms. The molecule has 1 aromatic carbocycles. The van der Waals surface area contributed by atoms with Crippen LogP contribution < -0.4 is 11.3 Å². The normalized spacial score (nSPS) is 14.0. The summed E-state index contributed by atoms with van der Waals surface area (Å²) in [4.78, 5) is 4.09. The van der Waals surface area contributed by atoms with Crippen molar-refractivity contribution in [2.45, 2.75) is 19.3 Å². The predicted molar refractivity (Wildman–Crippen MR) is 61.5 cm³/mol. The summed E-state index contributed by atoms with van der Waals surface area (Å²) >= 11 is 0. The molecule has 3 N–H and O–H groups in total. The molecule has 0 saturated carbocycles. The summed E-state index contributed by atoms with van der Waals surface area (Å²) in [6.07, 6.45) is 2.32. The summed E-state index contributed by atoms with van der Waals surface area (Å²) in [5.41, 5.74) is 4.26. The van der Waals surface area contributed by atoms with Crippen LogP contribution in [0.1, 0.15) is 17.7 Å². The van der Waals surface area contributed by atoms with Crippen LogP contribution in [0.25, 0.3) is 10.9 Å².